The van der Waals surface area contributed by atoms with Crippen LogP contribution in [0.5, 0.6) is 0 Å². The Morgan fingerprint density at radius 2 is 1.96 bits per heavy atom. The molecule has 2 aromatic carbocycles. The highest BCUT2D eigenvalue weighted by atomic mass is 19.1. The van der Waals surface area contributed by atoms with Crippen molar-refractivity contribution in [2.24, 2.45) is 7.05 Å². The van der Waals surface area contributed by atoms with E-state index in [1.165, 1.54) is 6.07 Å². The Kier molecular flexibility index (Phi) is 3.10. The fraction of sp³-hybridized carbons (Fsp3) is 0.100. The molecule has 2 aromatic heterocycles. The van der Waals surface area contributed by atoms with Crippen LogP contribution in [0.4, 0.5) is 4.39 Å². The van der Waals surface area contributed by atoms with E-state index in [4.69, 9.17) is 9.68 Å². The molecule has 116 valence electrons. The molecule has 0 fully saturated rings. The van der Waals surface area contributed by atoms with E-state index >= 15 is 0 Å². The van der Waals surface area contributed by atoms with E-state index in [9.17, 15) is 4.39 Å². The Labute approximate surface area is 138 Å². The number of pyridine rings is 1. The minimum Gasteiger partial charge on any atom is -0.456 e. The van der Waals surface area contributed by atoms with Gasteiger partial charge in [-0.2, -0.15) is 5.26 Å². The molecule has 3 nitrogen and oxygen atoms in total. The van der Waals surface area contributed by atoms with Gasteiger partial charge in [0.1, 0.15) is 24.3 Å². The Bertz CT molecular complexity index is 1150. The van der Waals surface area contributed by atoms with Gasteiger partial charge in [-0.05, 0) is 42.8 Å². The first kappa shape index (κ1) is 14.4. The van der Waals surface area contributed by atoms with Crippen molar-refractivity contribution in [2.75, 3.05) is 0 Å². The lowest BCUT2D eigenvalue weighted by Gasteiger charge is -2.04. The highest BCUT2D eigenvalue weighted by Gasteiger charge is 2.19. The van der Waals surface area contributed by atoms with Crippen molar-refractivity contribution < 1.29 is 13.4 Å². The lowest BCUT2D eigenvalue weighted by atomic mass is 10.0. The van der Waals surface area contributed by atoms with E-state index in [0.717, 1.165) is 16.8 Å². The molecule has 0 saturated heterocycles. The molecule has 0 saturated carbocycles. The molecule has 0 aliphatic heterocycles. The Hall–Kier alpha value is -3.19. The summed E-state index contributed by atoms with van der Waals surface area (Å²) >= 11 is 0. The SMILES string of the molecule is Cc1cc2c(cc1-c1cccc[n+]1C)oc1ccc(C#N)c(F)c12. The van der Waals surface area contributed by atoms with Crippen molar-refractivity contribution in [1.29, 1.82) is 5.26 Å². The second-order valence-electron chi connectivity index (χ2n) is 5.87. The second-order valence-corrected chi connectivity index (χ2v) is 5.87. The summed E-state index contributed by atoms with van der Waals surface area (Å²) in [5.41, 5.74) is 4.20. The van der Waals surface area contributed by atoms with Crippen molar-refractivity contribution in [3.8, 4) is 17.3 Å². The zero-order valence-electron chi connectivity index (χ0n) is 13.3. The summed E-state index contributed by atoms with van der Waals surface area (Å²) in [6, 6.07) is 14.8. The standard InChI is InChI=1S/C20H14FN2O/c1-12-9-15-18(10-14(12)16-5-3-4-8-23(16)2)24-17-7-6-13(11-22)20(21)19(15)17/h3-10H,1-2H3/q+1. The quantitative estimate of drug-likeness (QED) is 0.488. The molecular weight excluding hydrogens is 303 g/mol. The van der Waals surface area contributed by atoms with Crippen LogP contribution in [0.1, 0.15) is 11.1 Å². The number of fused-ring (bicyclic) bond motifs is 3. The van der Waals surface area contributed by atoms with Gasteiger partial charge in [0.25, 0.3) is 0 Å². The minimum atomic E-state index is -0.522. The number of hydrogen-bond donors (Lipinski definition) is 0. The summed E-state index contributed by atoms with van der Waals surface area (Å²) < 4.78 is 22.4. The molecule has 0 atom stereocenters. The normalized spacial score (nSPS) is 11.1. The molecule has 0 aliphatic carbocycles. The van der Waals surface area contributed by atoms with Gasteiger partial charge in [0.15, 0.2) is 12.0 Å². The van der Waals surface area contributed by atoms with Gasteiger partial charge in [0.05, 0.1) is 16.5 Å². The average Bonchev–Trinajstić information content (AvgIpc) is 2.93. The smallest absolute Gasteiger partial charge is 0.212 e. The van der Waals surface area contributed by atoms with Gasteiger partial charge in [0, 0.05) is 17.5 Å². The number of nitriles is 1. The van der Waals surface area contributed by atoms with Gasteiger partial charge in [-0.25, -0.2) is 8.96 Å². The molecule has 4 rings (SSSR count). The van der Waals surface area contributed by atoms with Crippen LogP contribution in [0.2, 0.25) is 0 Å². The van der Waals surface area contributed by atoms with Crippen molar-refractivity contribution in [1.82, 2.24) is 0 Å². The largest absolute Gasteiger partial charge is 0.456 e. The predicted octanol–water partition coefficient (Wildman–Crippen LogP) is 4.40. The van der Waals surface area contributed by atoms with Crippen LogP contribution >= 0.6 is 0 Å². The number of benzene rings is 2. The minimum absolute atomic E-state index is 0.0291. The molecule has 4 aromatic rings. The molecule has 0 bridgehead atoms. The van der Waals surface area contributed by atoms with E-state index < -0.39 is 5.82 Å². The molecule has 0 radical (unpaired) electrons. The number of aryl methyl sites for hydroxylation is 2. The number of nitrogens with zero attached hydrogens (tertiary/aromatic N) is 2. The predicted molar refractivity (Wildman–Crippen MR) is 89.7 cm³/mol. The van der Waals surface area contributed by atoms with E-state index in [2.05, 4.69) is 0 Å². The molecule has 0 aliphatic rings. The van der Waals surface area contributed by atoms with E-state index in [1.807, 2.05) is 61.1 Å². The summed E-state index contributed by atoms with van der Waals surface area (Å²) in [6.45, 7) is 1.99. The topological polar surface area (TPSA) is 40.8 Å². The third-order valence-electron chi connectivity index (χ3n) is 4.37. The second kappa shape index (κ2) is 5.17. The summed E-state index contributed by atoms with van der Waals surface area (Å²) in [5, 5.41) is 10.1. The van der Waals surface area contributed by atoms with Crippen molar-refractivity contribution >= 4 is 21.9 Å². The maximum Gasteiger partial charge on any atom is 0.212 e. The maximum atomic E-state index is 14.6. The molecule has 4 heteroatoms. The summed E-state index contributed by atoms with van der Waals surface area (Å²) in [6.07, 6.45) is 1.98. The lowest BCUT2D eigenvalue weighted by Crippen LogP contribution is -2.30. The van der Waals surface area contributed by atoms with Crippen LogP contribution in [0.25, 0.3) is 33.2 Å². The van der Waals surface area contributed by atoms with Gasteiger partial charge in [-0.3, -0.25) is 0 Å². The van der Waals surface area contributed by atoms with Crippen LogP contribution in [0.3, 0.4) is 0 Å². The van der Waals surface area contributed by atoms with Crippen LogP contribution in [0.15, 0.2) is 53.1 Å². The van der Waals surface area contributed by atoms with Crippen LogP contribution in [0, 0.1) is 24.1 Å². The summed E-state index contributed by atoms with van der Waals surface area (Å²) in [4.78, 5) is 0. The van der Waals surface area contributed by atoms with Gasteiger partial charge in [-0.1, -0.05) is 0 Å². The first-order chi connectivity index (χ1) is 11.6. The van der Waals surface area contributed by atoms with Crippen LogP contribution in [-0.2, 0) is 7.05 Å². The maximum absolute atomic E-state index is 14.6. The monoisotopic (exact) mass is 317 g/mol. The Morgan fingerprint density at radius 3 is 2.71 bits per heavy atom. The van der Waals surface area contributed by atoms with Crippen molar-refractivity contribution in [3.63, 3.8) is 0 Å². The van der Waals surface area contributed by atoms with E-state index in [-0.39, 0.29) is 5.56 Å². The van der Waals surface area contributed by atoms with Gasteiger partial charge in [-0.15, -0.1) is 0 Å². The fourth-order valence-corrected chi connectivity index (χ4v) is 3.15. The van der Waals surface area contributed by atoms with Gasteiger partial charge < -0.3 is 4.42 Å². The Morgan fingerprint density at radius 1 is 1.12 bits per heavy atom. The summed E-state index contributed by atoms with van der Waals surface area (Å²) in [5.74, 6) is -0.522. The van der Waals surface area contributed by atoms with E-state index in [1.54, 1.807) is 6.07 Å². The lowest BCUT2D eigenvalue weighted by molar-refractivity contribution is -0.660. The molecule has 0 amide bonds. The number of aromatic nitrogens is 1. The molecule has 0 unspecified atom stereocenters. The number of hydrogen-bond acceptors (Lipinski definition) is 2. The zero-order valence-corrected chi connectivity index (χ0v) is 13.3. The van der Waals surface area contributed by atoms with E-state index in [0.29, 0.717) is 21.9 Å². The molecule has 2 heterocycles. The van der Waals surface area contributed by atoms with Gasteiger partial charge in [0.2, 0.25) is 5.69 Å². The fourth-order valence-electron chi connectivity index (χ4n) is 3.15. The molecular formula is C20H14FN2O+. The highest BCUT2D eigenvalue weighted by molar-refractivity contribution is 6.07. The van der Waals surface area contributed by atoms with Gasteiger partial charge >= 0.3 is 0 Å². The van der Waals surface area contributed by atoms with Crippen molar-refractivity contribution in [3.05, 3.63) is 65.6 Å². The molecule has 0 spiro atoms. The molecule has 24 heavy (non-hydrogen) atoms. The van der Waals surface area contributed by atoms with Crippen LogP contribution < -0.4 is 4.57 Å². The first-order valence-electron chi connectivity index (χ1n) is 7.60. The first-order valence-corrected chi connectivity index (χ1v) is 7.60. The Balaban J connectivity index is 2.07. The van der Waals surface area contributed by atoms with Crippen LogP contribution in [-0.4, -0.2) is 0 Å². The highest BCUT2D eigenvalue weighted by Crippen LogP contribution is 2.35. The molecule has 0 N–H and O–H groups in total. The number of furan rings is 1. The number of rotatable bonds is 1. The average molecular weight is 317 g/mol. The third kappa shape index (κ3) is 1.99. The summed E-state index contributed by atoms with van der Waals surface area (Å²) in [7, 11) is 1.98. The number of halogens is 1. The zero-order chi connectivity index (χ0) is 16.8. The third-order valence-corrected chi connectivity index (χ3v) is 4.37. The van der Waals surface area contributed by atoms with Crippen molar-refractivity contribution in [2.45, 2.75) is 6.92 Å².